The number of hydrogen-bond acceptors (Lipinski definition) is 6. The second kappa shape index (κ2) is 10.0. The molecule has 0 unspecified atom stereocenters. The summed E-state index contributed by atoms with van der Waals surface area (Å²) < 4.78 is 35.4. The Morgan fingerprint density at radius 1 is 0.967 bits per heavy atom. The van der Waals surface area contributed by atoms with Crippen molar-refractivity contribution in [2.45, 2.75) is 9.79 Å². The summed E-state index contributed by atoms with van der Waals surface area (Å²) in [6.45, 7) is 0. The van der Waals surface area contributed by atoms with Crippen LogP contribution in [-0.4, -0.2) is 33.0 Å². The highest BCUT2D eigenvalue weighted by atomic mass is 35.5. The summed E-state index contributed by atoms with van der Waals surface area (Å²) >= 11 is 7.19. The molecule has 156 valence electrons. The summed E-state index contributed by atoms with van der Waals surface area (Å²) in [6.07, 6.45) is 0. The van der Waals surface area contributed by atoms with Crippen molar-refractivity contribution < 1.29 is 22.7 Å². The second-order valence-electron chi connectivity index (χ2n) is 6.21. The summed E-state index contributed by atoms with van der Waals surface area (Å²) in [5.74, 6) is 0.831. The first-order chi connectivity index (χ1) is 14.4. The van der Waals surface area contributed by atoms with Gasteiger partial charge in [0.1, 0.15) is 11.5 Å². The van der Waals surface area contributed by atoms with Crippen LogP contribution >= 0.6 is 23.4 Å². The fourth-order valence-electron chi connectivity index (χ4n) is 2.55. The van der Waals surface area contributed by atoms with Crippen LogP contribution < -0.4 is 9.47 Å². The highest BCUT2D eigenvalue weighted by Gasteiger charge is 2.15. The molecular weight excluding hydrogens is 444 g/mol. The molecule has 0 aliphatic rings. The third kappa shape index (κ3) is 6.01. The average molecular weight is 463 g/mol. The predicted molar refractivity (Wildman–Crippen MR) is 119 cm³/mol. The Kier molecular flexibility index (Phi) is 7.42. The third-order valence-electron chi connectivity index (χ3n) is 4.13. The van der Waals surface area contributed by atoms with E-state index < -0.39 is 15.8 Å². The van der Waals surface area contributed by atoms with E-state index in [9.17, 15) is 13.2 Å². The van der Waals surface area contributed by atoms with E-state index in [0.717, 1.165) is 4.90 Å². The summed E-state index contributed by atoms with van der Waals surface area (Å²) in [5, 5.41) is 0.554. The van der Waals surface area contributed by atoms with Gasteiger partial charge in [0.25, 0.3) is 0 Å². The van der Waals surface area contributed by atoms with Gasteiger partial charge in [-0.3, -0.25) is 0 Å². The van der Waals surface area contributed by atoms with E-state index in [0.29, 0.717) is 27.8 Å². The molecule has 0 fully saturated rings. The quantitative estimate of drug-likeness (QED) is 0.262. The monoisotopic (exact) mass is 462 g/mol. The molecular formula is C22H19ClO5S2. The molecule has 0 aromatic heterocycles. The fraction of sp³-hybridized carbons (Fsp3) is 0.136. The van der Waals surface area contributed by atoms with Crippen LogP contribution in [0.4, 0.5) is 0 Å². The standard InChI is InChI=1S/C22H19ClO5S2/c1-27-18-9-11-21(12-10-18)30(25,26)14-13-29-20-4-2-3-16(15-20)22(24)28-19-7-5-17(23)6-8-19/h2-12,15H,13-14H2,1H3. The van der Waals surface area contributed by atoms with Crippen LogP contribution in [0.15, 0.2) is 82.6 Å². The number of sulfone groups is 1. The number of hydrogen-bond donors (Lipinski definition) is 0. The Balaban J connectivity index is 1.59. The summed E-state index contributed by atoms with van der Waals surface area (Å²) in [4.78, 5) is 13.4. The number of methoxy groups -OCH3 is 1. The van der Waals surface area contributed by atoms with Crippen LogP contribution in [0.3, 0.4) is 0 Å². The van der Waals surface area contributed by atoms with Crippen LogP contribution in [-0.2, 0) is 9.84 Å². The molecule has 8 heteroatoms. The normalized spacial score (nSPS) is 11.1. The Morgan fingerprint density at radius 2 is 1.63 bits per heavy atom. The molecule has 0 radical (unpaired) electrons. The van der Waals surface area contributed by atoms with Crippen molar-refractivity contribution in [1.82, 2.24) is 0 Å². The smallest absolute Gasteiger partial charge is 0.343 e. The number of carbonyl (C=O) groups excluding carboxylic acids is 1. The van der Waals surface area contributed by atoms with Crippen molar-refractivity contribution in [3.8, 4) is 11.5 Å². The van der Waals surface area contributed by atoms with E-state index >= 15 is 0 Å². The molecule has 3 aromatic rings. The molecule has 0 spiro atoms. The Labute approximate surface area is 184 Å². The zero-order valence-corrected chi connectivity index (χ0v) is 18.5. The maximum Gasteiger partial charge on any atom is 0.343 e. The minimum absolute atomic E-state index is 0.0244. The number of esters is 1. The number of thioether (sulfide) groups is 1. The molecule has 0 atom stereocenters. The van der Waals surface area contributed by atoms with E-state index in [1.165, 1.54) is 31.0 Å². The maximum atomic E-state index is 12.5. The van der Waals surface area contributed by atoms with Crippen molar-refractivity contribution in [3.63, 3.8) is 0 Å². The first-order valence-corrected chi connectivity index (χ1v) is 12.0. The van der Waals surface area contributed by atoms with Crippen LogP contribution in [0.2, 0.25) is 5.02 Å². The van der Waals surface area contributed by atoms with E-state index in [4.69, 9.17) is 21.1 Å². The van der Waals surface area contributed by atoms with E-state index in [-0.39, 0.29) is 10.6 Å². The molecule has 0 aliphatic carbocycles. The van der Waals surface area contributed by atoms with Crippen molar-refractivity contribution in [1.29, 1.82) is 0 Å². The average Bonchev–Trinajstić information content (AvgIpc) is 2.75. The van der Waals surface area contributed by atoms with Crippen LogP contribution in [0.5, 0.6) is 11.5 Å². The highest BCUT2D eigenvalue weighted by Crippen LogP contribution is 2.23. The number of halogens is 1. The SMILES string of the molecule is COc1ccc(S(=O)(=O)CCSc2cccc(C(=O)Oc3ccc(Cl)cc3)c2)cc1. The van der Waals surface area contributed by atoms with Crippen molar-refractivity contribution in [3.05, 3.63) is 83.4 Å². The lowest BCUT2D eigenvalue weighted by molar-refractivity contribution is 0.0734. The van der Waals surface area contributed by atoms with Gasteiger partial charge >= 0.3 is 5.97 Å². The highest BCUT2D eigenvalue weighted by molar-refractivity contribution is 8.00. The first-order valence-electron chi connectivity index (χ1n) is 8.95. The minimum Gasteiger partial charge on any atom is -0.497 e. The lowest BCUT2D eigenvalue weighted by Gasteiger charge is -2.08. The van der Waals surface area contributed by atoms with Gasteiger partial charge in [-0.05, 0) is 66.7 Å². The van der Waals surface area contributed by atoms with Gasteiger partial charge < -0.3 is 9.47 Å². The molecule has 30 heavy (non-hydrogen) atoms. The Bertz CT molecular complexity index is 1110. The van der Waals surface area contributed by atoms with Gasteiger partial charge in [-0.15, -0.1) is 11.8 Å². The maximum absolute atomic E-state index is 12.5. The number of ether oxygens (including phenoxy) is 2. The molecule has 0 bridgehead atoms. The van der Waals surface area contributed by atoms with Crippen LogP contribution in [0.25, 0.3) is 0 Å². The van der Waals surface area contributed by atoms with Gasteiger partial charge in [0.15, 0.2) is 9.84 Å². The number of benzene rings is 3. The second-order valence-corrected chi connectivity index (χ2v) is 9.93. The van der Waals surface area contributed by atoms with Gasteiger partial charge in [0, 0.05) is 15.7 Å². The molecule has 3 aromatic carbocycles. The number of carbonyl (C=O) groups is 1. The van der Waals surface area contributed by atoms with Crippen molar-refractivity contribution in [2.24, 2.45) is 0 Å². The molecule has 0 heterocycles. The zero-order valence-electron chi connectivity index (χ0n) is 16.1. The molecule has 5 nitrogen and oxygen atoms in total. The van der Waals surface area contributed by atoms with Crippen molar-refractivity contribution in [2.75, 3.05) is 18.6 Å². The minimum atomic E-state index is -3.40. The predicted octanol–water partition coefficient (Wildman–Crippen LogP) is 5.13. The van der Waals surface area contributed by atoms with Gasteiger partial charge in [0.2, 0.25) is 0 Å². The number of rotatable bonds is 8. The summed E-state index contributed by atoms with van der Waals surface area (Å²) in [6, 6.07) is 19.7. The molecule has 0 saturated heterocycles. The van der Waals surface area contributed by atoms with Gasteiger partial charge in [-0.2, -0.15) is 0 Å². The Morgan fingerprint density at radius 3 is 2.30 bits per heavy atom. The largest absolute Gasteiger partial charge is 0.497 e. The molecule has 3 rings (SSSR count). The summed E-state index contributed by atoms with van der Waals surface area (Å²) in [5.41, 5.74) is 0.382. The van der Waals surface area contributed by atoms with Crippen LogP contribution in [0.1, 0.15) is 10.4 Å². The zero-order chi connectivity index (χ0) is 21.6. The van der Waals surface area contributed by atoms with E-state index in [1.54, 1.807) is 54.6 Å². The van der Waals surface area contributed by atoms with Gasteiger partial charge in [0.05, 0.1) is 23.3 Å². The van der Waals surface area contributed by atoms with Crippen molar-refractivity contribution >= 4 is 39.2 Å². The third-order valence-corrected chi connectivity index (χ3v) is 7.37. The molecule has 0 N–H and O–H groups in total. The first kappa shape index (κ1) is 22.2. The van der Waals surface area contributed by atoms with Crippen LogP contribution in [0, 0.1) is 0 Å². The van der Waals surface area contributed by atoms with Gasteiger partial charge in [-0.1, -0.05) is 17.7 Å². The molecule has 0 aliphatic heterocycles. The molecule has 0 saturated carbocycles. The topological polar surface area (TPSA) is 69.7 Å². The van der Waals surface area contributed by atoms with E-state index in [2.05, 4.69) is 0 Å². The summed E-state index contributed by atoms with van der Waals surface area (Å²) in [7, 11) is -1.88. The molecule has 0 amide bonds. The lowest BCUT2D eigenvalue weighted by atomic mass is 10.2. The Hall–Kier alpha value is -2.48. The lowest BCUT2D eigenvalue weighted by Crippen LogP contribution is -2.09. The van der Waals surface area contributed by atoms with Gasteiger partial charge in [-0.25, -0.2) is 13.2 Å². The van der Waals surface area contributed by atoms with E-state index in [1.807, 2.05) is 6.07 Å². The fourth-order valence-corrected chi connectivity index (χ4v) is 5.30.